The van der Waals surface area contributed by atoms with Crippen molar-refractivity contribution in [1.29, 1.82) is 0 Å². The summed E-state index contributed by atoms with van der Waals surface area (Å²) in [5.74, 6) is 0. The van der Waals surface area contributed by atoms with Crippen molar-refractivity contribution in [2.75, 3.05) is 6.61 Å². The highest BCUT2D eigenvalue weighted by atomic mass is 28.4. The van der Waals surface area contributed by atoms with Gasteiger partial charge in [0.15, 0.2) is 0 Å². The van der Waals surface area contributed by atoms with Crippen LogP contribution in [-0.2, 0) is 23.9 Å². The van der Waals surface area contributed by atoms with E-state index in [0.717, 1.165) is 19.5 Å². The van der Waals surface area contributed by atoms with Crippen LogP contribution in [-0.4, -0.2) is 25.9 Å². The van der Waals surface area contributed by atoms with Crippen LogP contribution in [0.4, 0.5) is 0 Å². The molecule has 0 N–H and O–H groups in total. The third-order valence-electron chi connectivity index (χ3n) is 8.20. The van der Waals surface area contributed by atoms with E-state index >= 15 is 0 Å². The first-order valence-electron chi connectivity index (χ1n) is 15.1. The molecule has 5 rings (SSSR count). The van der Waals surface area contributed by atoms with Crippen LogP contribution < -0.4 is 10.4 Å². The molecule has 5 aromatic carbocycles. The quantitative estimate of drug-likeness (QED) is 0.142. The predicted molar refractivity (Wildman–Crippen MR) is 180 cm³/mol. The van der Waals surface area contributed by atoms with E-state index in [1.54, 1.807) is 0 Å². The Balaban J connectivity index is 1.57. The van der Waals surface area contributed by atoms with Crippen molar-refractivity contribution < 1.29 is 4.43 Å². The van der Waals surface area contributed by atoms with Gasteiger partial charge >= 0.3 is 0 Å². The lowest BCUT2D eigenvalue weighted by Crippen LogP contribution is -2.67. The summed E-state index contributed by atoms with van der Waals surface area (Å²) in [6, 6.07) is 54.7. The minimum atomic E-state index is -2.69. The smallest absolute Gasteiger partial charge is 0.261 e. The number of hydrogen-bond acceptors (Lipinski definition) is 2. The molecule has 0 bridgehead atoms. The lowest BCUT2D eigenvalue weighted by atomic mass is 10.0. The molecule has 214 valence electrons. The van der Waals surface area contributed by atoms with Crippen molar-refractivity contribution in [1.82, 2.24) is 4.90 Å². The van der Waals surface area contributed by atoms with E-state index in [-0.39, 0.29) is 11.1 Å². The summed E-state index contributed by atoms with van der Waals surface area (Å²) >= 11 is 0. The summed E-state index contributed by atoms with van der Waals surface area (Å²) < 4.78 is 7.55. The fourth-order valence-corrected chi connectivity index (χ4v) is 10.7. The molecule has 5 aromatic rings. The number of rotatable bonds is 12. The van der Waals surface area contributed by atoms with Gasteiger partial charge in [-0.2, -0.15) is 0 Å². The average Bonchev–Trinajstić information content (AvgIpc) is 3.02. The van der Waals surface area contributed by atoms with E-state index in [2.05, 4.69) is 177 Å². The van der Waals surface area contributed by atoms with Gasteiger partial charge in [-0.25, -0.2) is 0 Å². The standard InChI is InChI=1S/C39H43NOSi/c1-39(2,3)42(37-25-15-7-16-26-37,38-27-17-8-18-28-38)41-32-36(29-33-19-9-4-10-20-33)40(30-34-21-11-5-12-22-34)31-35-23-13-6-14-24-35/h4-28,36H,29-32H2,1-3H3/t36-/m0/s1. The molecule has 2 nitrogen and oxygen atoms in total. The van der Waals surface area contributed by atoms with Crippen LogP contribution in [0.2, 0.25) is 5.04 Å². The lowest BCUT2D eigenvalue weighted by Gasteiger charge is -2.44. The maximum absolute atomic E-state index is 7.55. The molecular weight excluding hydrogens is 527 g/mol. The highest BCUT2D eigenvalue weighted by Crippen LogP contribution is 2.37. The summed E-state index contributed by atoms with van der Waals surface area (Å²) in [5.41, 5.74) is 3.97. The average molecular weight is 570 g/mol. The molecule has 42 heavy (non-hydrogen) atoms. The largest absolute Gasteiger partial charge is 0.406 e. The van der Waals surface area contributed by atoms with Crippen molar-refractivity contribution in [2.45, 2.75) is 51.4 Å². The topological polar surface area (TPSA) is 12.5 Å². The second kappa shape index (κ2) is 13.9. The first-order chi connectivity index (χ1) is 20.5. The summed E-state index contributed by atoms with van der Waals surface area (Å²) in [6.07, 6.45) is 0.915. The second-order valence-corrected chi connectivity index (χ2v) is 16.5. The van der Waals surface area contributed by atoms with E-state index in [1.807, 2.05) is 0 Å². The molecule has 0 aliphatic carbocycles. The molecule has 0 saturated carbocycles. The van der Waals surface area contributed by atoms with Gasteiger partial charge in [0.2, 0.25) is 0 Å². The maximum atomic E-state index is 7.55. The fraction of sp³-hybridized carbons (Fsp3) is 0.231. The molecule has 1 atom stereocenters. The van der Waals surface area contributed by atoms with Gasteiger partial charge in [-0.3, -0.25) is 4.90 Å². The molecule has 0 spiro atoms. The van der Waals surface area contributed by atoms with Crippen molar-refractivity contribution in [2.24, 2.45) is 0 Å². The van der Waals surface area contributed by atoms with Gasteiger partial charge in [0, 0.05) is 19.1 Å². The van der Waals surface area contributed by atoms with E-state index < -0.39 is 8.32 Å². The zero-order valence-corrected chi connectivity index (χ0v) is 26.2. The van der Waals surface area contributed by atoms with Gasteiger partial charge < -0.3 is 4.43 Å². The van der Waals surface area contributed by atoms with E-state index in [9.17, 15) is 0 Å². The molecule has 0 amide bonds. The van der Waals surface area contributed by atoms with E-state index in [4.69, 9.17) is 4.43 Å². The maximum Gasteiger partial charge on any atom is 0.261 e. The molecule has 0 heterocycles. The van der Waals surface area contributed by atoms with Crippen LogP contribution in [0, 0.1) is 0 Å². The third kappa shape index (κ3) is 7.17. The van der Waals surface area contributed by atoms with Crippen molar-refractivity contribution in [3.05, 3.63) is 168 Å². The van der Waals surface area contributed by atoms with Crippen LogP contribution in [0.3, 0.4) is 0 Å². The SMILES string of the molecule is CC(C)(C)[Si](OC[C@H](Cc1ccccc1)N(Cc1ccccc1)Cc1ccccc1)(c1ccccc1)c1ccccc1. The molecule has 0 saturated heterocycles. The summed E-state index contributed by atoms with van der Waals surface area (Å²) in [4.78, 5) is 2.62. The normalized spacial score (nSPS) is 12.8. The minimum Gasteiger partial charge on any atom is -0.406 e. The predicted octanol–water partition coefficient (Wildman–Crippen LogP) is 7.88. The van der Waals surface area contributed by atoms with Crippen LogP contribution in [0.5, 0.6) is 0 Å². The Labute approximate surface area is 253 Å². The number of hydrogen-bond donors (Lipinski definition) is 0. The summed E-state index contributed by atoms with van der Waals surface area (Å²) in [5, 5.41) is 2.57. The summed E-state index contributed by atoms with van der Waals surface area (Å²) in [6.45, 7) is 9.43. The van der Waals surface area contributed by atoms with Gasteiger partial charge in [0.25, 0.3) is 8.32 Å². The summed E-state index contributed by atoms with van der Waals surface area (Å²) in [7, 11) is -2.69. The molecule has 0 radical (unpaired) electrons. The first kappa shape index (κ1) is 29.7. The molecule has 0 aromatic heterocycles. The Bertz CT molecular complexity index is 1390. The number of nitrogens with zero attached hydrogens (tertiary/aromatic N) is 1. The molecular formula is C39H43NOSi. The molecule has 0 fully saturated rings. The number of benzene rings is 5. The molecule has 0 aliphatic heterocycles. The van der Waals surface area contributed by atoms with Gasteiger partial charge in [-0.05, 0) is 38.5 Å². The van der Waals surface area contributed by atoms with Crippen LogP contribution in [0.1, 0.15) is 37.5 Å². The van der Waals surface area contributed by atoms with Gasteiger partial charge in [-0.15, -0.1) is 0 Å². The highest BCUT2D eigenvalue weighted by Gasteiger charge is 2.50. The zero-order chi connectivity index (χ0) is 29.3. The first-order valence-corrected chi connectivity index (χ1v) is 17.0. The fourth-order valence-electron chi connectivity index (χ4n) is 6.11. The monoisotopic (exact) mass is 569 g/mol. The van der Waals surface area contributed by atoms with Gasteiger partial charge in [0.05, 0.1) is 6.61 Å². The van der Waals surface area contributed by atoms with Crippen LogP contribution in [0.25, 0.3) is 0 Å². The minimum absolute atomic E-state index is 0.0727. The van der Waals surface area contributed by atoms with Gasteiger partial charge in [-0.1, -0.05) is 172 Å². The molecule has 0 aliphatic rings. The van der Waals surface area contributed by atoms with Crippen molar-refractivity contribution in [3.8, 4) is 0 Å². The van der Waals surface area contributed by atoms with Crippen LogP contribution in [0.15, 0.2) is 152 Å². The Morgan fingerprint density at radius 1 is 0.524 bits per heavy atom. The molecule has 3 heteroatoms. The van der Waals surface area contributed by atoms with Crippen molar-refractivity contribution in [3.63, 3.8) is 0 Å². The van der Waals surface area contributed by atoms with Crippen LogP contribution >= 0.6 is 0 Å². The van der Waals surface area contributed by atoms with E-state index in [1.165, 1.54) is 27.1 Å². The molecule has 0 unspecified atom stereocenters. The second-order valence-electron chi connectivity index (χ2n) is 12.2. The Morgan fingerprint density at radius 2 is 0.881 bits per heavy atom. The Kier molecular flexibility index (Phi) is 9.86. The Hall–Kier alpha value is -3.76. The van der Waals surface area contributed by atoms with Gasteiger partial charge in [0.1, 0.15) is 0 Å². The van der Waals surface area contributed by atoms with Crippen molar-refractivity contribution >= 4 is 18.7 Å². The van der Waals surface area contributed by atoms with E-state index in [0.29, 0.717) is 6.61 Å². The third-order valence-corrected chi connectivity index (χ3v) is 13.2. The zero-order valence-electron chi connectivity index (χ0n) is 25.2. The Morgan fingerprint density at radius 3 is 1.26 bits per heavy atom. The highest BCUT2D eigenvalue weighted by molar-refractivity contribution is 6.99. The lowest BCUT2D eigenvalue weighted by molar-refractivity contribution is 0.115.